The van der Waals surface area contributed by atoms with Crippen LogP contribution in [0.25, 0.3) is 0 Å². The molecule has 0 aromatic carbocycles. The molecular formula is C27H40O5. The van der Waals surface area contributed by atoms with Crippen molar-refractivity contribution < 1.29 is 24.1 Å². The van der Waals surface area contributed by atoms with Gasteiger partial charge in [-0.15, -0.1) is 0 Å². The lowest BCUT2D eigenvalue weighted by molar-refractivity contribution is -0.150. The van der Waals surface area contributed by atoms with Gasteiger partial charge in [-0.05, 0) is 67.8 Å². The second kappa shape index (κ2) is 10.1. The minimum absolute atomic E-state index is 0.261. The van der Waals surface area contributed by atoms with Crippen molar-refractivity contribution in [3.05, 3.63) is 46.6 Å². The molecule has 1 aliphatic heterocycles. The van der Waals surface area contributed by atoms with E-state index in [2.05, 4.69) is 27.7 Å². The van der Waals surface area contributed by atoms with Gasteiger partial charge < -0.3 is 19.3 Å². The fourth-order valence-electron chi connectivity index (χ4n) is 6.47. The van der Waals surface area contributed by atoms with Gasteiger partial charge in [0.2, 0.25) is 6.29 Å². The van der Waals surface area contributed by atoms with Gasteiger partial charge in [-0.2, -0.15) is 0 Å². The number of fused-ring (bicyclic) bond motifs is 1. The number of carbonyl (C=O) groups is 1. The summed E-state index contributed by atoms with van der Waals surface area (Å²) in [6.45, 7) is 9.72. The molecule has 2 aliphatic carbocycles. The SMILES string of the molecule is COC(OC)/C(=C/C=C/C1=CC(=O)O[C@H]1O)CCC1=C(C)CC[C@H]2C(C)(C)CCC[C@]12C. The van der Waals surface area contributed by atoms with Gasteiger partial charge in [0.05, 0.1) is 0 Å². The van der Waals surface area contributed by atoms with E-state index in [1.807, 2.05) is 12.2 Å². The summed E-state index contributed by atoms with van der Waals surface area (Å²) in [6.07, 6.45) is 13.4. The highest BCUT2D eigenvalue weighted by Gasteiger charge is 2.49. The number of cyclic esters (lactones) is 1. The Hall–Kier alpha value is -1.69. The maximum absolute atomic E-state index is 11.3. The van der Waals surface area contributed by atoms with E-state index in [0.29, 0.717) is 11.0 Å². The number of aliphatic hydroxyl groups excluding tert-OH is 1. The van der Waals surface area contributed by atoms with Crippen molar-refractivity contribution in [2.24, 2.45) is 16.7 Å². The molecule has 5 nitrogen and oxygen atoms in total. The van der Waals surface area contributed by atoms with Gasteiger partial charge in [0, 0.05) is 25.9 Å². The second-order valence-corrected chi connectivity index (χ2v) is 10.4. The molecule has 0 radical (unpaired) electrons. The first-order valence-corrected chi connectivity index (χ1v) is 11.8. The van der Waals surface area contributed by atoms with E-state index in [9.17, 15) is 9.90 Å². The molecule has 1 saturated carbocycles. The quantitative estimate of drug-likeness (QED) is 0.228. The maximum atomic E-state index is 11.3. The fourth-order valence-corrected chi connectivity index (χ4v) is 6.47. The summed E-state index contributed by atoms with van der Waals surface area (Å²) < 4.78 is 15.9. The molecule has 0 unspecified atom stereocenters. The molecule has 0 spiro atoms. The normalized spacial score (nSPS) is 30.7. The van der Waals surface area contributed by atoms with Crippen LogP contribution >= 0.6 is 0 Å². The third-order valence-corrected chi connectivity index (χ3v) is 8.03. The Morgan fingerprint density at radius 1 is 1.28 bits per heavy atom. The number of methoxy groups -OCH3 is 2. The van der Waals surface area contributed by atoms with Gasteiger partial charge in [0.15, 0.2) is 6.29 Å². The lowest BCUT2D eigenvalue weighted by Crippen LogP contribution is -2.45. The molecule has 1 N–H and O–H groups in total. The Morgan fingerprint density at radius 2 is 2.00 bits per heavy atom. The van der Waals surface area contributed by atoms with Gasteiger partial charge >= 0.3 is 5.97 Å². The van der Waals surface area contributed by atoms with E-state index < -0.39 is 18.5 Å². The van der Waals surface area contributed by atoms with Crippen molar-refractivity contribution in [1.29, 1.82) is 0 Å². The van der Waals surface area contributed by atoms with Crippen LogP contribution in [0.15, 0.2) is 46.6 Å². The average Bonchev–Trinajstić information content (AvgIpc) is 3.04. The van der Waals surface area contributed by atoms with E-state index in [1.54, 1.807) is 31.4 Å². The lowest BCUT2D eigenvalue weighted by atomic mass is 9.50. The van der Waals surface area contributed by atoms with Gasteiger partial charge in [0.1, 0.15) is 0 Å². The van der Waals surface area contributed by atoms with E-state index >= 15 is 0 Å². The zero-order chi connectivity index (χ0) is 23.5. The van der Waals surface area contributed by atoms with Gasteiger partial charge in [-0.1, -0.05) is 56.6 Å². The molecular weight excluding hydrogens is 404 g/mol. The summed E-state index contributed by atoms with van der Waals surface area (Å²) >= 11 is 0. The fraction of sp³-hybridized carbons (Fsp3) is 0.667. The van der Waals surface area contributed by atoms with Crippen LogP contribution in [0, 0.1) is 16.7 Å². The Labute approximate surface area is 193 Å². The van der Waals surface area contributed by atoms with Gasteiger partial charge in [-0.3, -0.25) is 0 Å². The number of hydrogen-bond acceptors (Lipinski definition) is 5. The molecule has 1 fully saturated rings. The first kappa shape index (κ1) is 24.9. The number of carbonyl (C=O) groups excluding carboxylic acids is 1. The monoisotopic (exact) mass is 444 g/mol. The van der Waals surface area contributed by atoms with E-state index in [-0.39, 0.29) is 5.41 Å². The first-order valence-electron chi connectivity index (χ1n) is 11.8. The number of rotatable bonds is 8. The maximum Gasteiger partial charge on any atom is 0.333 e. The highest BCUT2D eigenvalue weighted by Crippen LogP contribution is 2.60. The summed E-state index contributed by atoms with van der Waals surface area (Å²) in [5.41, 5.74) is 5.30. The predicted octanol–water partition coefficient (Wildman–Crippen LogP) is 5.61. The number of hydrogen-bond donors (Lipinski definition) is 1. The highest BCUT2D eigenvalue weighted by atomic mass is 16.7. The van der Waals surface area contributed by atoms with Crippen molar-refractivity contribution in [2.45, 2.75) is 85.2 Å². The van der Waals surface area contributed by atoms with Gasteiger partial charge in [-0.25, -0.2) is 4.79 Å². The van der Waals surface area contributed by atoms with Crippen LogP contribution in [-0.4, -0.2) is 37.9 Å². The molecule has 0 saturated heterocycles. The summed E-state index contributed by atoms with van der Waals surface area (Å²) in [5, 5.41) is 9.77. The molecule has 3 rings (SSSR count). The zero-order valence-electron chi connectivity index (χ0n) is 20.6. The van der Waals surface area contributed by atoms with Crippen molar-refractivity contribution in [3.63, 3.8) is 0 Å². The first-order chi connectivity index (χ1) is 15.1. The molecule has 32 heavy (non-hydrogen) atoms. The Balaban J connectivity index is 1.81. The molecule has 0 aromatic rings. The van der Waals surface area contributed by atoms with Gasteiger partial charge in [0.25, 0.3) is 0 Å². The molecule has 0 amide bonds. The number of allylic oxidation sites excluding steroid dienone is 4. The minimum Gasteiger partial charge on any atom is -0.428 e. The molecule has 3 atom stereocenters. The van der Waals surface area contributed by atoms with Crippen LogP contribution in [0.2, 0.25) is 0 Å². The predicted molar refractivity (Wildman–Crippen MR) is 126 cm³/mol. The molecule has 5 heteroatoms. The lowest BCUT2D eigenvalue weighted by Gasteiger charge is -2.55. The Kier molecular flexibility index (Phi) is 7.85. The van der Waals surface area contributed by atoms with E-state index in [1.165, 1.54) is 38.2 Å². The van der Waals surface area contributed by atoms with Crippen molar-refractivity contribution in [3.8, 4) is 0 Å². The Bertz CT molecular complexity index is 827. The topological polar surface area (TPSA) is 65.0 Å². The zero-order valence-corrected chi connectivity index (χ0v) is 20.6. The second-order valence-electron chi connectivity index (χ2n) is 10.4. The Morgan fingerprint density at radius 3 is 2.62 bits per heavy atom. The largest absolute Gasteiger partial charge is 0.428 e. The van der Waals surface area contributed by atoms with Crippen LogP contribution in [0.3, 0.4) is 0 Å². The number of esters is 1. The third-order valence-electron chi connectivity index (χ3n) is 8.03. The molecule has 0 aromatic heterocycles. The smallest absolute Gasteiger partial charge is 0.333 e. The standard InChI is InChI=1S/C27H40O5/c1-18-11-14-22-26(2,3)15-8-16-27(22,4)21(18)13-12-19(25(30-5)31-6)9-7-10-20-17-23(28)32-24(20)29/h7,9-10,17,22,24-25,29H,8,11-16H2,1-6H3/b10-7+,19-9+/t22-,24+,27+/m0/s1. The van der Waals surface area contributed by atoms with Crippen LogP contribution in [-0.2, 0) is 19.0 Å². The number of ether oxygens (including phenoxy) is 3. The minimum atomic E-state index is -1.20. The van der Waals surface area contributed by atoms with Crippen LogP contribution in [0.5, 0.6) is 0 Å². The van der Waals surface area contributed by atoms with E-state index in [0.717, 1.165) is 24.3 Å². The number of aliphatic hydroxyl groups is 1. The molecule has 1 heterocycles. The summed E-state index contributed by atoms with van der Waals surface area (Å²) in [7, 11) is 3.29. The summed E-state index contributed by atoms with van der Waals surface area (Å²) in [4.78, 5) is 11.3. The third kappa shape index (κ3) is 5.11. The highest BCUT2D eigenvalue weighted by molar-refractivity contribution is 5.86. The summed E-state index contributed by atoms with van der Waals surface area (Å²) in [5.74, 6) is 0.203. The molecule has 178 valence electrons. The van der Waals surface area contributed by atoms with Crippen LogP contribution < -0.4 is 0 Å². The molecule has 0 bridgehead atoms. The van der Waals surface area contributed by atoms with Crippen molar-refractivity contribution in [2.75, 3.05) is 14.2 Å². The van der Waals surface area contributed by atoms with Crippen molar-refractivity contribution in [1.82, 2.24) is 0 Å². The average molecular weight is 445 g/mol. The van der Waals surface area contributed by atoms with Crippen LogP contribution in [0.1, 0.15) is 72.6 Å². The summed E-state index contributed by atoms with van der Waals surface area (Å²) in [6, 6.07) is 0. The van der Waals surface area contributed by atoms with E-state index in [4.69, 9.17) is 14.2 Å². The van der Waals surface area contributed by atoms with Crippen molar-refractivity contribution >= 4 is 5.97 Å². The molecule has 3 aliphatic rings. The van der Waals surface area contributed by atoms with Crippen LogP contribution in [0.4, 0.5) is 0 Å².